The number of aliphatic hydroxyl groups is 2. The van der Waals surface area contributed by atoms with Crippen molar-refractivity contribution in [1.29, 1.82) is 0 Å². The maximum Gasteiger partial charge on any atom is 0.160 e. The third-order valence-electron chi connectivity index (χ3n) is 8.32. The Morgan fingerprint density at radius 2 is 1.27 bits per heavy atom. The molecule has 0 aliphatic carbocycles. The molecule has 0 bridgehead atoms. The van der Waals surface area contributed by atoms with Crippen molar-refractivity contribution in [3.63, 3.8) is 0 Å². The van der Waals surface area contributed by atoms with Gasteiger partial charge in [0.2, 0.25) is 0 Å². The number of halogens is 1. The number of aliphatic hydroxyl groups excluding tert-OH is 2. The normalized spacial score (nSPS) is 12.9. The molecule has 7 rings (SSSR count). The molecule has 0 atom stereocenters. The highest BCUT2D eigenvalue weighted by molar-refractivity contribution is 6.18. The van der Waals surface area contributed by atoms with Gasteiger partial charge in [-0.1, -0.05) is 61.2 Å². The van der Waals surface area contributed by atoms with Gasteiger partial charge in [0, 0.05) is 60.6 Å². The molecule has 0 saturated carbocycles. The standard InChI is InChI=1S/C10H11ClO.C10H14O3.C10H10O2.C10H10O/c11-6-4-8-2-1-3-10-9(8)5-7-12-10;11-6-4-8-2-1-3-10(13)9(8)5-7-12;1-7(11)8-3-2-4-10-9(8)5-6-12-10;1-2-8-4-3-5-10-9(8)6-7-11-10/h1-3H,4-7H2;1-3,11-13H,4-7H2;2-4H,5-6H2,1H3;2-5H,1,6-7H2. The van der Waals surface area contributed by atoms with Gasteiger partial charge in [0.05, 0.1) is 19.8 Å². The van der Waals surface area contributed by atoms with E-state index in [9.17, 15) is 9.90 Å². The topological polar surface area (TPSA) is 105 Å². The number of aryl methyl sites for hydroxylation is 1. The van der Waals surface area contributed by atoms with E-state index >= 15 is 0 Å². The van der Waals surface area contributed by atoms with E-state index in [0.29, 0.717) is 25.3 Å². The molecule has 0 spiro atoms. The quantitative estimate of drug-likeness (QED) is 0.137. The molecule has 254 valence electrons. The summed E-state index contributed by atoms with van der Waals surface area (Å²) in [7, 11) is 0. The number of hydrogen-bond donors (Lipinski definition) is 3. The molecule has 0 unspecified atom stereocenters. The number of Topliss-reactive ketones (excluding diaryl/α,β-unsaturated/α-hetero) is 1. The van der Waals surface area contributed by atoms with Crippen LogP contribution in [0, 0.1) is 0 Å². The van der Waals surface area contributed by atoms with E-state index in [1.165, 1.54) is 22.3 Å². The zero-order chi connectivity index (χ0) is 34.3. The first-order valence-corrected chi connectivity index (χ1v) is 16.9. The van der Waals surface area contributed by atoms with Gasteiger partial charge in [0.15, 0.2) is 5.78 Å². The maximum absolute atomic E-state index is 11.1. The summed E-state index contributed by atoms with van der Waals surface area (Å²) in [5, 5.41) is 27.0. The highest BCUT2D eigenvalue weighted by Gasteiger charge is 2.17. The van der Waals surface area contributed by atoms with Gasteiger partial charge in [-0.3, -0.25) is 4.79 Å². The molecule has 7 nitrogen and oxygen atoms in total. The van der Waals surface area contributed by atoms with Crippen molar-refractivity contribution in [2.45, 2.75) is 45.4 Å². The second kappa shape index (κ2) is 18.9. The fourth-order valence-corrected chi connectivity index (χ4v) is 6.20. The molecule has 0 aromatic heterocycles. The van der Waals surface area contributed by atoms with Gasteiger partial charge in [-0.2, -0.15) is 0 Å². The van der Waals surface area contributed by atoms with Gasteiger partial charge in [-0.25, -0.2) is 0 Å². The predicted molar refractivity (Wildman–Crippen MR) is 191 cm³/mol. The lowest BCUT2D eigenvalue weighted by Gasteiger charge is -2.08. The van der Waals surface area contributed by atoms with Crippen LogP contribution in [0.25, 0.3) is 6.08 Å². The van der Waals surface area contributed by atoms with Crippen molar-refractivity contribution >= 4 is 23.5 Å². The van der Waals surface area contributed by atoms with Gasteiger partial charge in [0.1, 0.15) is 23.0 Å². The Labute approximate surface area is 288 Å². The number of aromatic hydroxyl groups is 1. The number of carbonyl (C=O) groups is 1. The molecular formula is C40H45ClO7. The predicted octanol–water partition coefficient (Wildman–Crippen LogP) is 6.95. The van der Waals surface area contributed by atoms with Crippen LogP contribution in [0.4, 0.5) is 0 Å². The van der Waals surface area contributed by atoms with Crippen LogP contribution >= 0.6 is 11.6 Å². The summed E-state index contributed by atoms with van der Waals surface area (Å²) in [5.41, 5.74) is 8.74. The molecule has 3 aliphatic rings. The van der Waals surface area contributed by atoms with Crippen LogP contribution in [0.2, 0.25) is 0 Å². The van der Waals surface area contributed by atoms with E-state index in [0.717, 1.165) is 78.4 Å². The van der Waals surface area contributed by atoms with E-state index in [-0.39, 0.29) is 24.7 Å². The van der Waals surface area contributed by atoms with Crippen LogP contribution < -0.4 is 14.2 Å². The number of carbonyl (C=O) groups excluding carboxylic acids is 1. The van der Waals surface area contributed by atoms with E-state index < -0.39 is 0 Å². The minimum absolute atomic E-state index is 0.00992. The Kier molecular flexibility index (Phi) is 14.4. The van der Waals surface area contributed by atoms with Crippen LogP contribution in [0.1, 0.15) is 56.2 Å². The SMILES string of the molecule is C=Cc1cccc2c1CCO2.CC(=O)c1cccc2c1CCO2.ClCCc1cccc2c1CCO2.OCCc1cccc(O)c1CCO. The second-order valence-corrected chi connectivity index (χ2v) is 11.7. The van der Waals surface area contributed by atoms with Crippen molar-refractivity contribution in [1.82, 2.24) is 0 Å². The Morgan fingerprint density at radius 1 is 0.729 bits per heavy atom. The summed E-state index contributed by atoms with van der Waals surface area (Å²) in [5.74, 6) is 3.97. The lowest BCUT2D eigenvalue weighted by molar-refractivity contribution is 0.101. The molecular weight excluding hydrogens is 628 g/mol. The number of hydrogen-bond acceptors (Lipinski definition) is 7. The molecule has 0 radical (unpaired) electrons. The summed E-state index contributed by atoms with van der Waals surface area (Å²) in [6, 6.07) is 23.1. The van der Waals surface area contributed by atoms with Crippen LogP contribution in [0.15, 0.2) is 79.4 Å². The largest absolute Gasteiger partial charge is 0.508 e. The van der Waals surface area contributed by atoms with Gasteiger partial charge in [0.25, 0.3) is 0 Å². The summed E-state index contributed by atoms with van der Waals surface area (Å²) in [6.45, 7) is 7.77. The van der Waals surface area contributed by atoms with E-state index in [2.05, 4.69) is 18.7 Å². The molecule has 4 aromatic rings. The van der Waals surface area contributed by atoms with Crippen LogP contribution in [-0.2, 0) is 38.5 Å². The average molecular weight is 673 g/mol. The summed E-state index contributed by atoms with van der Waals surface area (Å²) >= 11 is 5.70. The smallest absolute Gasteiger partial charge is 0.160 e. The minimum Gasteiger partial charge on any atom is -0.508 e. The lowest BCUT2D eigenvalue weighted by atomic mass is 10.0. The summed E-state index contributed by atoms with van der Waals surface area (Å²) in [6.07, 6.45) is 6.72. The first-order valence-electron chi connectivity index (χ1n) is 16.4. The molecule has 48 heavy (non-hydrogen) atoms. The van der Waals surface area contributed by atoms with Gasteiger partial charge in [-0.15, -0.1) is 11.6 Å². The van der Waals surface area contributed by atoms with Crippen molar-refractivity contribution < 1.29 is 34.3 Å². The number of fused-ring (bicyclic) bond motifs is 3. The second-order valence-electron chi connectivity index (χ2n) is 11.4. The first kappa shape index (κ1) is 36.5. The Morgan fingerprint density at radius 3 is 1.90 bits per heavy atom. The Bertz CT molecular complexity index is 1670. The van der Waals surface area contributed by atoms with Gasteiger partial charge in [-0.05, 0) is 72.7 Å². The van der Waals surface area contributed by atoms with Crippen LogP contribution in [0.3, 0.4) is 0 Å². The zero-order valence-electron chi connectivity index (χ0n) is 27.6. The number of ketones is 1. The fourth-order valence-electron chi connectivity index (χ4n) is 6.00. The highest BCUT2D eigenvalue weighted by atomic mass is 35.5. The Balaban J connectivity index is 0.000000145. The number of phenols is 1. The molecule has 3 aliphatic heterocycles. The van der Waals surface area contributed by atoms with E-state index in [1.54, 1.807) is 19.1 Å². The van der Waals surface area contributed by atoms with Crippen molar-refractivity contribution in [2.24, 2.45) is 0 Å². The molecule has 3 heterocycles. The molecule has 3 N–H and O–H groups in total. The number of benzene rings is 4. The molecule has 0 amide bonds. The molecule has 8 heteroatoms. The van der Waals surface area contributed by atoms with E-state index in [1.807, 2.05) is 54.6 Å². The number of alkyl halides is 1. The van der Waals surface area contributed by atoms with E-state index in [4.69, 9.17) is 36.0 Å². The Hall–Kier alpha value is -4.30. The van der Waals surface area contributed by atoms with Gasteiger partial charge >= 0.3 is 0 Å². The lowest BCUT2D eigenvalue weighted by Crippen LogP contribution is -2.00. The number of phenolic OH excluding ortho intramolecular Hbond substituents is 1. The van der Waals surface area contributed by atoms with Crippen molar-refractivity contribution in [3.05, 3.63) is 124 Å². The number of rotatable bonds is 8. The zero-order valence-corrected chi connectivity index (χ0v) is 28.3. The van der Waals surface area contributed by atoms with Crippen molar-refractivity contribution in [3.8, 4) is 23.0 Å². The number of ether oxygens (including phenoxy) is 3. The van der Waals surface area contributed by atoms with Gasteiger partial charge < -0.3 is 29.5 Å². The summed E-state index contributed by atoms with van der Waals surface area (Å²) < 4.78 is 16.2. The van der Waals surface area contributed by atoms with Crippen molar-refractivity contribution in [2.75, 3.05) is 38.9 Å². The first-order chi connectivity index (χ1) is 23.4. The van der Waals surface area contributed by atoms with Crippen LogP contribution in [0.5, 0.6) is 23.0 Å². The third kappa shape index (κ3) is 9.63. The molecule has 0 saturated heterocycles. The highest BCUT2D eigenvalue weighted by Crippen LogP contribution is 2.30. The maximum atomic E-state index is 11.1. The van der Waals surface area contributed by atoms with Crippen LogP contribution in [-0.4, -0.2) is 60.0 Å². The monoisotopic (exact) mass is 672 g/mol. The summed E-state index contributed by atoms with van der Waals surface area (Å²) in [4.78, 5) is 11.1. The third-order valence-corrected chi connectivity index (χ3v) is 8.50. The average Bonchev–Trinajstić information content (AvgIpc) is 3.89. The minimum atomic E-state index is 0.00992. The molecule has 4 aromatic carbocycles. The fraction of sp³-hybridized carbons (Fsp3) is 0.325. The molecule has 0 fully saturated rings.